The first-order chi connectivity index (χ1) is 17.5. The van der Waals surface area contributed by atoms with Crippen LogP contribution in [0.3, 0.4) is 0 Å². The molecule has 2 fully saturated rings. The highest BCUT2D eigenvalue weighted by Crippen LogP contribution is 2.43. The van der Waals surface area contributed by atoms with Gasteiger partial charge >= 0.3 is 5.97 Å². The molecule has 0 spiro atoms. The monoisotopic (exact) mass is 513 g/mol. The Morgan fingerprint density at radius 3 is 2.81 bits per heavy atom. The van der Waals surface area contributed by atoms with Crippen LogP contribution in [0.1, 0.15) is 60.0 Å². The van der Waals surface area contributed by atoms with Crippen LogP contribution in [0.25, 0.3) is 0 Å². The highest BCUT2D eigenvalue weighted by Gasteiger charge is 2.40. The van der Waals surface area contributed by atoms with Crippen molar-refractivity contribution < 1.29 is 24.1 Å². The van der Waals surface area contributed by atoms with Crippen molar-refractivity contribution in [2.24, 2.45) is 11.8 Å². The number of benzene rings is 2. The van der Waals surface area contributed by atoms with E-state index in [2.05, 4.69) is 11.0 Å². The van der Waals surface area contributed by atoms with Crippen LogP contribution in [0.2, 0.25) is 5.02 Å². The fourth-order valence-corrected chi connectivity index (χ4v) is 6.08. The Kier molecular flexibility index (Phi) is 8.04. The number of aliphatic hydroxyl groups is 1. The van der Waals surface area contributed by atoms with Crippen molar-refractivity contribution in [3.63, 3.8) is 0 Å². The number of rotatable bonds is 4. The third-order valence-corrected chi connectivity index (χ3v) is 8.33. The maximum absolute atomic E-state index is 12.4. The predicted octanol–water partition coefficient (Wildman–Crippen LogP) is 5.41. The lowest BCUT2D eigenvalue weighted by atomic mass is 9.68. The lowest BCUT2D eigenvalue weighted by molar-refractivity contribution is -0.101. The SMILES string of the molecule is COC(=O)c1ccc2c(c1)N(C[C@@H]1CC[C@H]1[C@H]1C[C@H](O)CCO1)CCCCc1cc(Cl)ccc1CO2. The summed E-state index contributed by atoms with van der Waals surface area (Å²) in [6, 6.07) is 11.6. The van der Waals surface area contributed by atoms with E-state index < -0.39 is 0 Å². The van der Waals surface area contributed by atoms with Gasteiger partial charge in [0.2, 0.25) is 0 Å². The van der Waals surface area contributed by atoms with Crippen LogP contribution in [0.4, 0.5) is 5.69 Å². The number of hydrogen-bond donors (Lipinski definition) is 1. The largest absolute Gasteiger partial charge is 0.487 e. The van der Waals surface area contributed by atoms with Crippen LogP contribution in [0, 0.1) is 11.8 Å². The van der Waals surface area contributed by atoms with Gasteiger partial charge in [0.1, 0.15) is 12.4 Å². The van der Waals surface area contributed by atoms with Crippen molar-refractivity contribution in [1.29, 1.82) is 0 Å². The van der Waals surface area contributed by atoms with Gasteiger partial charge in [-0.15, -0.1) is 0 Å². The molecule has 2 aromatic rings. The normalized spacial score (nSPS) is 26.5. The van der Waals surface area contributed by atoms with Gasteiger partial charge in [-0.1, -0.05) is 17.7 Å². The molecule has 2 heterocycles. The summed E-state index contributed by atoms with van der Waals surface area (Å²) in [5, 5.41) is 10.9. The van der Waals surface area contributed by atoms with E-state index in [1.807, 2.05) is 24.3 Å². The fourth-order valence-electron chi connectivity index (χ4n) is 5.89. The summed E-state index contributed by atoms with van der Waals surface area (Å²) in [4.78, 5) is 14.8. The van der Waals surface area contributed by atoms with Gasteiger partial charge in [0.25, 0.3) is 0 Å². The summed E-state index contributed by atoms with van der Waals surface area (Å²) in [6.07, 6.45) is 6.64. The summed E-state index contributed by atoms with van der Waals surface area (Å²) < 4.78 is 17.5. The minimum atomic E-state index is -0.349. The molecule has 36 heavy (non-hydrogen) atoms. The molecule has 0 amide bonds. The number of hydrogen-bond acceptors (Lipinski definition) is 6. The van der Waals surface area contributed by atoms with Gasteiger partial charge in [-0.25, -0.2) is 4.79 Å². The quantitative estimate of drug-likeness (QED) is 0.551. The van der Waals surface area contributed by atoms with Gasteiger partial charge in [0.15, 0.2) is 0 Å². The van der Waals surface area contributed by atoms with Crippen molar-refractivity contribution in [2.75, 3.05) is 31.7 Å². The second-order valence-corrected chi connectivity index (χ2v) is 10.8. The number of nitrogens with zero attached hydrogens (tertiary/aromatic N) is 1. The molecular weight excluding hydrogens is 478 g/mol. The van der Waals surface area contributed by atoms with Crippen molar-refractivity contribution in [3.05, 3.63) is 58.1 Å². The number of aliphatic hydroxyl groups excluding tert-OH is 1. The first kappa shape index (κ1) is 25.4. The lowest BCUT2D eigenvalue weighted by Gasteiger charge is -2.46. The molecular formula is C29H36ClNO5. The second kappa shape index (κ2) is 11.4. The van der Waals surface area contributed by atoms with Crippen LogP contribution < -0.4 is 9.64 Å². The predicted molar refractivity (Wildman–Crippen MR) is 140 cm³/mol. The number of ether oxygens (including phenoxy) is 3. The molecule has 1 aliphatic carbocycles. The molecule has 0 bridgehead atoms. The van der Waals surface area contributed by atoms with Crippen molar-refractivity contribution in [2.45, 2.75) is 63.8 Å². The van der Waals surface area contributed by atoms with Gasteiger partial charge < -0.3 is 24.2 Å². The Bertz CT molecular complexity index is 1080. The van der Waals surface area contributed by atoms with E-state index >= 15 is 0 Å². The van der Waals surface area contributed by atoms with Crippen LogP contribution in [-0.2, 0) is 22.5 Å². The molecule has 6 nitrogen and oxygen atoms in total. The first-order valence-electron chi connectivity index (χ1n) is 13.2. The van der Waals surface area contributed by atoms with Crippen LogP contribution >= 0.6 is 11.6 Å². The molecule has 1 N–H and O–H groups in total. The van der Waals surface area contributed by atoms with E-state index in [1.54, 1.807) is 6.07 Å². The molecule has 2 aliphatic heterocycles. The van der Waals surface area contributed by atoms with E-state index in [9.17, 15) is 9.90 Å². The maximum atomic E-state index is 12.4. The molecule has 0 radical (unpaired) electrons. The topological polar surface area (TPSA) is 68.2 Å². The number of aryl methyl sites for hydroxylation is 1. The summed E-state index contributed by atoms with van der Waals surface area (Å²) in [5.41, 5.74) is 3.83. The Labute approximate surface area is 218 Å². The minimum absolute atomic E-state index is 0.132. The smallest absolute Gasteiger partial charge is 0.337 e. The number of carbonyl (C=O) groups is 1. The molecule has 4 atom stereocenters. The standard InChI is InChI=1S/C29H36ClNO5/c1-34-29(33)20-7-10-27-26(15-20)31(17-21-6-9-25(21)28-16-24(32)11-13-35-28)12-3-2-4-19-14-23(30)8-5-22(19)18-36-27/h5,7-8,10,14-15,21,24-25,28,32H,2-4,6,9,11-13,16-18H2,1H3/t21-,24+,25+,28+/m0/s1. The number of fused-ring (bicyclic) bond motifs is 2. The third kappa shape index (κ3) is 5.66. The van der Waals surface area contributed by atoms with Crippen LogP contribution in [0.15, 0.2) is 36.4 Å². The summed E-state index contributed by atoms with van der Waals surface area (Å²) in [5.74, 6) is 1.36. The number of halogens is 1. The van der Waals surface area contributed by atoms with Gasteiger partial charge in [-0.3, -0.25) is 0 Å². The minimum Gasteiger partial charge on any atom is -0.487 e. The van der Waals surface area contributed by atoms with E-state index in [0.29, 0.717) is 30.6 Å². The molecule has 2 aromatic carbocycles. The van der Waals surface area contributed by atoms with Gasteiger partial charge in [-0.05, 0) is 98.2 Å². The Hall–Kier alpha value is -2.28. The zero-order chi connectivity index (χ0) is 25.1. The maximum Gasteiger partial charge on any atom is 0.337 e. The van der Waals surface area contributed by atoms with E-state index in [1.165, 1.54) is 12.7 Å². The van der Waals surface area contributed by atoms with Gasteiger partial charge in [0, 0.05) is 24.7 Å². The first-order valence-corrected chi connectivity index (χ1v) is 13.6. The summed E-state index contributed by atoms with van der Waals surface area (Å²) in [7, 11) is 1.41. The molecule has 5 rings (SSSR count). The van der Waals surface area contributed by atoms with E-state index in [4.69, 9.17) is 25.8 Å². The second-order valence-electron chi connectivity index (χ2n) is 10.4. The summed E-state index contributed by atoms with van der Waals surface area (Å²) in [6.45, 7) is 2.84. The van der Waals surface area contributed by atoms with Crippen LogP contribution in [0.5, 0.6) is 5.75 Å². The number of anilines is 1. The Morgan fingerprint density at radius 2 is 2.03 bits per heavy atom. The van der Waals surface area contributed by atoms with E-state index in [0.717, 1.165) is 80.1 Å². The highest BCUT2D eigenvalue weighted by molar-refractivity contribution is 6.30. The Balaban J connectivity index is 1.41. The highest BCUT2D eigenvalue weighted by atomic mass is 35.5. The summed E-state index contributed by atoms with van der Waals surface area (Å²) >= 11 is 6.29. The molecule has 0 unspecified atom stereocenters. The zero-order valence-electron chi connectivity index (χ0n) is 21.0. The van der Waals surface area contributed by atoms with E-state index in [-0.39, 0.29) is 18.2 Å². The van der Waals surface area contributed by atoms with Crippen molar-refractivity contribution in [3.8, 4) is 5.75 Å². The zero-order valence-corrected chi connectivity index (χ0v) is 21.7. The van der Waals surface area contributed by atoms with Gasteiger partial charge in [-0.2, -0.15) is 0 Å². The Morgan fingerprint density at radius 1 is 1.14 bits per heavy atom. The van der Waals surface area contributed by atoms with Crippen molar-refractivity contribution >= 4 is 23.3 Å². The fraction of sp³-hybridized carbons (Fsp3) is 0.552. The molecule has 7 heteroatoms. The third-order valence-electron chi connectivity index (χ3n) is 8.09. The molecule has 1 saturated carbocycles. The molecule has 0 aromatic heterocycles. The van der Waals surface area contributed by atoms with Crippen LogP contribution in [-0.4, -0.2) is 50.1 Å². The number of esters is 1. The van der Waals surface area contributed by atoms with Crippen molar-refractivity contribution in [1.82, 2.24) is 0 Å². The van der Waals surface area contributed by atoms with Gasteiger partial charge in [0.05, 0.1) is 30.6 Å². The average Bonchev–Trinajstić information content (AvgIpc) is 2.89. The number of methoxy groups -OCH3 is 1. The molecule has 194 valence electrons. The molecule has 3 aliphatic rings. The molecule has 1 saturated heterocycles. The number of carbonyl (C=O) groups excluding carboxylic acids is 1. The average molecular weight is 514 g/mol. The lowest BCUT2D eigenvalue weighted by Crippen LogP contribution is -2.47.